The molecule has 0 aromatic heterocycles. The first-order chi connectivity index (χ1) is 9.17. The third-order valence-electron chi connectivity index (χ3n) is 2.67. The van der Waals surface area contributed by atoms with Gasteiger partial charge in [0.25, 0.3) is 0 Å². The fourth-order valence-electron chi connectivity index (χ4n) is 1.59. The van der Waals surface area contributed by atoms with Gasteiger partial charge in [-0.3, -0.25) is 4.79 Å². The molecule has 1 amide bonds. The predicted molar refractivity (Wildman–Crippen MR) is 81.6 cm³/mol. The van der Waals surface area contributed by atoms with Gasteiger partial charge >= 0.3 is 0 Å². The number of hydrogen-bond acceptors (Lipinski definition) is 4. The van der Waals surface area contributed by atoms with Gasteiger partial charge < -0.3 is 20.5 Å². The quantitative estimate of drug-likeness (QED) is 0.717. The fourth-order valence-corrected chi connectivity index (χ4v) is 1.59. The van der Waals surface area contributed by atoms with Gasteiger partial charge in [0.2, 0.25) is 5.91 Å². The Hall–Kier alpha value is -1.46. The largest absolute Gasteiger partial charge is 0.497 e. The molecule has 0 heterocycles. The highest BCUT2D eigenvalue weighted by atomic mass is 35.5. The molecule has 0 aliphatic heterocycles. The van der Waals surface area contributed by atoms with Crippen LogP contribution in [0.2, 0.25) is 0 Å². The molecular formula is C14H23ClN2O3. The molecule has 0 bridgehead atoms. The summed E-state index contributed by atoms with van der Waals surface area (Å²) in [6.45, 7) is 2.86. The van der Waals surface area contributed by atoms with Crippen LogP contribution in [0.4, 0.5) is 0 Å². The van der Waals surface area contributed by atoms with Crippen molar-refractivity contribution in [3.05, 3.63) is 24.3 Å². The average Bonchev–Trinajstić information content (AvgIpc) is 2.44. The zero-order chi connectivity index (χ0) is 14.1. The lowest BCUT2D eigenvalue weighted by Crippen LogP contribution is -2.41. The van der Waals surface area contributed by atoms with E-state index in [0.29, 0.717) is 19.6 Å². The minimum atomic E-state index is -0.425. The third kappa shape index (κ3) is 6.63. The SMILES string of the molecule is CCCC(N)C(=O)NCCOc1ccc(OC)cc1.Cl. The fraction of sp³-hybridized carbons (Fsp3) is 0.500. The van der Waals surface area contributed by atoms with E-state index >= 15 is 0 Å². The van der Waals surface area contributed by atoms with Crippen molar-refractivity contribution in [3.8, 4) is 11.5 Å². The van der Waals surface area contributed by atoms with Crippen LogP contribution < -0.4 is 20.5 Å². The van der Waals surface area contributed by atoms with E-state index in [1.807, 2.05) is 31.2 Å². The Balaban J connectivity index is 0.00000361. The van der Waals surface area contributed by atoms with Gasteiger partial charge in [-0.1, -0.05) is 13.3 Å². The van der Waals surface area contributed by atoms with Crippen molar-refractivity contribution in [2.45, 2.75) is 25.8 Å². The summed E-state index contributed by atoms with van der Waals surface area (Å²) in [7, 11) is 1.62. The van der Waals surface area contributed by atoms with Gasteiger partial charge in [0.05, 0.1) is 19.7 Å². The summed E-state index contributed by atoms with van der Waals surface area (Å²) in [4.78, 5) is 11.5. The molecule has 6 heteroatoms. The van der Waals surface area contributed by atoms with Gasteiger partial charge in [-0.2, -0.15) is 0 Å². The molecule has 5 nitrogen and oxygen atoms in total. The van der Waals surface area contributed by atoms with Gasteiger partial charge in [-0.15, -0.1) is 12.4 Å². The highest BCUT2D eigenvalue weighted by Gasteiger charge is 2.10. The Labute approximate surface area is 126 Å². The minimum Gasteiger partial charge on any atom is -0.497 e. The van der Waals surface area contributed by atoms with Crippen LogP contribution in [0.3, 0.4) is 0 Å². The molecule has 1 aromatic rings. The molecule has 1 rings (SSSR count). The van der Waals surface area contributed by atoms with Gasteiger partial charge in [0, 0.05) is 0 Å². The first kappa shape index (κ1) is 18.5. The normalized spacial score (nSPS) is 11.2. The van der Waals surface area contributed by atoms with Crippen molar-refractivity contribution in [3.63, 3.8) is 0 Å². The summed E-state index contributed by atoms with van der Waals surface area (Å²) in [6, 6.07) is 6.87. The van der Waals surface area contributed by atoms with Crippen LogP contribution in [0, 0.1) is 0 Å². The highest BCUT2D eigenvalue weighted by molar-refractivity contribution is 5.85. The number of hydrogen-bond donors (Lipinski definition) is 2. The van der Waals surface area contributed by atoms with Crippen molar-refractivity contribution >= 4 is 18.3 Å². The number of halogens is 1. The maximum Gasteiger partial charge on any atom is 0.237 e. The van der Waals surface area contributed by atoms with Gasteiger partial charge in [-0.05, 0) is 30.7 Å². The number of carbonyl (C=O) groups excluding carboxylic acids is 1. The second kappa shape index (κ2) is 10.3. The summed E-state index contributed by atoms with van der Waals surface area (Å²) >= 11 is 0. The lowest BCUT2D eigenvalue weighted by atomic mass is 10.2. The van der Waals surface area contributed by atoms with E-state index in [-0.39, 0.29) is 18.3 Å². The number of nitrogens with two attached hydrogens (primary N) is 1. The van der Waals surface area contributed by atoms with Crippen LogP contribution in [-0.4, -0.2) is 32.2 Å². The Kier molecular flexibility index (Phi) is 9.59. The molecule has 0 spiro atoms. The number of methoxy groups -OCH3 is 1. The standard InChI is InChI=1S/C14H22N2O3.ClH/c1-3-4-13(15)14(17)16-9-10-19-12-7-5-11(18-2)6-8-12;/h5-8,13H,3-4,9-10,15H2,1-2H3,(H,16,17);1H. The summed E-state index contributed by atoms with van der Waals surface area (Å²) in [6.07, 6.45) is 1.60. The predicted octanol–water partition coefficient (Wildman–Crippen LogP) is 1.74. The number of ether oxygens (including phenoxy) is 2. The van der Waals surface area contributed by atoms with Crippen molar-refractivity contribution in [1.82, 2.24) is 5.32 Å². The van der Waals surface area contributed by atoms with E-state index in [1.54, 1.807) is 7.11 Å². The van der Waals surface area contributed by atoms with Crippen LogP contribution in [0.25, 0.3) is 0 Å². The average molecular weight is 303 g/mol. The molecule has 1 unspecified atom stereocenters. The number of amides is 1. The molecule has 3 N–H and O–H groups in total. The van der Waals surface area contributed by atoms with E-state index in [1.165, 1.54) is 0 Å². The van der Waals surface area contributed by atoms with Crippen LogP contribution >= 0.6 is 12.4 Å². The first-order valence-corrected chi connectivity index (χ1v) is 6.47. The molecule has 114 valence electrons. The second-order valence-electron chi connectivity index (χ2n) is 4.21. The van der Waals surface area contributed by atoms with Crippen molar-refractivity contribution in [2.75, 3.05) is 20.3 Å². The lowest BCUT2D eigenvalue weighted by molar-refractivity contribution is -0.122. The molecular weight excluding hydrogens is 280 g/mol. The zero-order valence-electron chi connectivity index (χ0n) is 11.9. The summed E-state index contributed by atoms with van der Waals surface area (Å²) in [5.41, 5.74) is 5.69. The number of carbonyl (C=O) groups is 1. The van der Waals surface area contributed by atoms with Crippen LogP contribution in [0.1, 0.15) is 19.8 Å². The molecule has 0 saturated heterocycles. The Morgan fingerprint density at radius 3 is 2.45 bits per heavy atom. The molecule has 1 aromatic carbocycles. The van der Waals surface area contributed by atoms with E-state index in [2.05, 4.69) is 5.32 Å². The van der Waals surface area contributed by atoms with E-state index in [9.17, 15) is 4.79 Å². The van der Waals surface area contributed by atoms with Gasteiger partial charge in [0.15, 0.2) is 0 Å². The Bertz CT molecular complexity index is 385. The van der Waals surface area contributed by atoms with Gasteiger partial charge in [-0.25, -0.2) is 0 Å². The number of benzene rings is 1. The molecule has 0 aliphatic carbocycles. The first-order valence-electron chi connectivity index (χ1n) is 6.47. The van der Waals surface area contributed by atoms with Crippen LogP contribution in [0.15, 0.2) is 24.3 Å². The monoisotopic (exact) mass is 302 g/mol. The minimum absolute atomic E-state index is 0. The second-order valence-corrected chi connectivity index (χ2v) is 4.21. The summed E-state index contributed by atoms with van der Waals surface area (Å²) < 4.78 is 10.5. The van der Waals surface area contributed by atoms with E-state index in [4.69, 9.17) is 15.2 Å². The highest BCUT2D eigenvalue weighted by Crippen LogP contribution is 2.16. The zero-order valence-corrected chi connectivity index (χ0v) is 12.7. The van der Waals surface area contributed by atoms with Crippen LogP contribution in [0.5, 0.6) is 11.5 Å². The van der Waals surface area contributed by atoms with Crippen molar-refractivity contribution in [1.29, 1.82) is 0 Å². The molecule has 0 saturated carbocycles. The molecule has 0 radical (unpaired) electrons. The molecule has 0 fully saturated rings. The van der Waals surface area contributed by atoms with Crippen LogP contribution in [-0.2, 0) is 4.79 Å². The number of nitrogens with one attached hydrogen (secondary N) is 1. The Morgan fingerprint density at radius 2 is 1.90 bits per heavy atom. The van der Waals surface area contributed by atoms with E-state index < -0.39 is 6.04 Å². The molecule has 0 aliphatic rings. The summed E-state index contributed by atoms with van der Waals surface area (Å²) in [5.74, 6) is 1.40. The molecule has 20 heavy (non-hydrogen) atoms. The third-order valence-corrected chi connectivity index (χ3v) is 2.67. The maximum absolute atomic E-state index is 11.5. The lowest BCUT2D eigenvalue weighted by Gasteiger charge is -2.12. The number of rotatable bonds is 8. The van der Waals surface area contributed by atoms with E-state index in [0.717, 1.165) is 17.9 Å². The Morgan fingerprint density at radius 1 is 1.30 bits per heavy atom. The van der Waals surface area contributed by atoms with Crippen molar-refractivity contribution < 1.29 is 14.3 Å². The van der Waals surface area contributed by atoms with Crippen molar-refractivity contribution in [2.24, 2.45) is 5.73 Å². The molecule has 1 atom stereocenters. The maximum atomic E-state index is 11.5. The summed E-state index contributed by atoms with van der Waals surface area (Å²) in [5, 5.41) is 2.75. The topological polar surface area (TPSA) is 73.6 Å². The smallest absolute Gasteiger partial charge is 0.237 e. The van der Waals surface area contributed by atoms with Gasteiger partial charge in [0.1, 0.15) is 18.1 Å².